The first-order valence-corrected chi connectivity index (χ1v) is 10.6. The molecule has 0 aliphatic heterocycles. The molecule has 0 saturated heterocycles. The number of rotatable bonds is 12. The third-order valence-electron chi connectivity index (χ3n) is 4.85. The third-order valence-corrected chi connectivity index (χ3v) is 4.85. The number of hydrogen-bond acceptors (Lipinski definition) is 5. The Morgan fingerprint density at radius 1 is 1.09 bits per heavy atom. The van der Waals surface area contributed by atoms with Crippen molar-refractivity contribution in [3.8, 4) is 11.5 Å². The Labute approximate surface area is 188 Å². The van der Waals surface area contributed by atoms with Gasteiger partial charge in [0.05, 0.1) is 38.5 Å². The summed E-state index contributed by atoms with van der Waals surface area (Å²) in [6, 6.07) is 11.0. The normalized spacial score (nSPS) is 11.7. The lowest BCUT2D eigenvalue weighted by Gasteiger charge is -2.19. The summed E-state index contributed by atoms with van der Waals surface area (Å²) in [6.07, 6.45) is 1.56. The molecule has 32 heavy (non-hydrogen) atoms. The number of amides is 2. The molecule has 0 fully saturated rings. The maximum atomic E-state index is 12.6. The molecule has 0 heterocycles. The third kappa shape index (κ3) is 7.77. The van der Waals surface area contributed by atoms with Crippen molar-refractivity contribution < 1.29 is 29.3 Å². The number of carboxylic acids is 1. The van der Waals surface area contributed by atoms with E-state index in [2.05, 4.69) is 24.5 Å². The van der Waals surface area contributed by atoms with Crippen molar-refractivity contribution in [1.29, 1.82) is 0 Å². The molecule has 8 heteroatoms. The van der Waals surface area contributed by atoms with Crippen molar-refractivity contribution >= 4 is 17.7 Å². The molecule has 0 spiro atoms. The Morgan fingerprint density at radius 3 is 2.41 bits per heavy atom. The number of anilines is 1. The monoisotopic (exact) mass is 444 g/mol. The molecule has 2 aromatic rings. The standard InChI is InChI=1S/C24H32N2O6/c1-16(2)8-7-11-32-22-14-19(18(13-23(28)29)12-21(22)31-3)25-24(30)26-20(15-27)17-9-5-4-6-10-17/h4-6,9-10,12,14,16,20,27H,7-8,11,13,15H2,1-3H3,(H,28,29)(H2,25,26,30)/t20-/m1/s1. The summed E-state index contributed by atoms with van der Waals surface area (Å²) < 4.78 is 11.2. The number of carbonyl (C=O) groups is 2. The van der Waals surface area contributed by atoms with Crippen LogP contribution in [-0.4, -0.2) is 42.5 Å². The molecule has 174 valence electrons. The fourth-order valence-corrected chi connectivity index (χ4v) is 3.21. The number of carboxylic acid groups (broad SMARTS) is 1. The van der Waals surface area contributed by atoms with Crippen molar-refractivity contribution in [2.24, 2.45) is 5.92 Å². The van der Waals surface area contributed by atoms with E-state index in [0.29, 0.717) is 35.3 Å². The number of nitrogens with one attached hydrogen (secondary N) is 2. The van der Waals surface area contributed by atoms with E-state index in [1.165, 1.54) is 7.11 Å². The maximum absolute atomic E-state index is 12.6. The predicted molar refractivity (Wildman–Crippen MR) is 122 cm³/mol. The van der Waals surface area contributed by atoms with Crippen molar-refractivity contribution in [3.05, 3.63) is 53.6 Å². The van der Waals surface area contributed by atoms with Crippen molar-refractivity contribution in [2.45, 2.75) is 39.2 Å². The second-order valence-corrected chi connectivity index (χ2v) is 7.86. The summed E-state index contributed by atoms with van der Waals surface area (Å²) in [5.74, 6) is 0.332. The fourth-order valence-electron chi connectivity index (χ4n) is 3.21. The number of aliphatic hydroxyl groups is 1. The highest BCUT2D eigenvalue weighted by Crippen LogP contribution is 2.34. The molecule has 0 aromatic heterocycles. The van der Waals surface area contributed by atoms with E-state index in [4.69, 9.17) is 9.47 Å². The highest BCUT2D eigenvalue weighted by atomic mass is 16.5. The molecule has 8 nitrogen and oxygen atoms in total. The minimum atomic E-state index is -1.04. The number of urea groups is 1. The fraction of sp³-hybridized carbons (Fsp3) is 0.417. The summed E-state index contributed by atoms with van der Waals surface area (Å²) >= 11 is 0. The molecule has 4 N–H and O–H groups in total. The molecule has 2 aromatic carbocycles. The van der Waals surface area contributed by atoms with Gasteiger partial charge in [-0.3, -0.25) is 4.79 Å². The Bertz CT molecular complexity index is 886. The van der Waals surface area contributed by atoms with E-state index in [-0.39, 0.29) is 13.0 Å². The first kappa shape index (κ1) is 25.0. The number of methoxy groups -OCH3 is 1. The molecule has 1 atom stereocenters. The number of carbonyl (C=O) groups excluding carboxylic acids is 1. The van der Waals surface area contributed by atoms with Gasteiger partial charge >= 0.3 is 12.0 Å². The van der Waals surface area contributed by atoms with E-state index >= 15 is 0 Å². The zero-order chi connectivity index (χ0) is 23.5. The Morgan fingerprint density at radius 2 is 1.81 bits per heavy atom. The number of aliphatic carboxylic acids is 1. The number of aliphatic hydroxyl groups excluding tert-OH is 1. The molecule has 0 bridgehead atoms. The lowest BCUT2D eigenvalue weighted by atomic mass is 10.1. The smallest absolute Gasteiger partial charge is 0.319 e. The molecule has 0 saturated carbocycles. The van der Waals surface area contributed by atoms with E-state index in [1.807, 2.05) is 18.2 Å². The van der Waals surface area contributed by atoms with Gasteiger partial charge in [0.2, 0.25) is 0 Å². The first-order chi connectivity index (χ1) is 15.3. The van der Waals surface area contributed by atoms with Crippen LogP contribution in [-0.2, 0) is 11.2 Å². The molecule has 2 rings (SSSR count). The summed E-state index contributed by atoms with van der Waals surface area (Å²) in [6.45, 7) is 4.46. The molecule has 0 radical (unpaired) electrons. The van der Waals surface area contributed by atoms with Gasteiger partial charge < -0.3 is 30.3 Å². The second-order valence-electron chi connectivity index (χ2n) is 7.86. The highest BCUT2D eigenvalue weighted by Gasteiger charge is 2.18. The van der Waals surface area contributed by atoms with Gasteiger partial charge in [0.15, 0.2) is 11.5 Å². The first-order valence-electron chi connectivity index (χ1n) is 10.6. The van der Waals surface area contributed by atoms with E-state index < -0.39 is 18.0 Å². The van der Waals surface area contributed by atoms with Crippen LogP contribution in [0.25, 0.3) is 0 Å². The van der Waals surface area contributed by atoms with Crippen LogP contribution in [0.4, 0.5) is 10.5 Å². The Kier molecular flexibility index (Phi) is 9.81. The summed E-state index contributed by atoms with van der Waals surface area (Å²) in [5, 5.41) is 24.4. The maximum Gasteiger partial charge on any atom is 0.319 e. The predicted octanol–water partition coefficient (Wildman–Crippen LogP) is 3.99. The van der Waals surface area contributed by atoms with E-state index in [0.717, 1.165) is 18.4 Å². The van der Waals surface area contributed by atoms with Gasteiger partial charge in [-0.25, -0.2) is 4.79 Å². The molecule has 0 aliphatic rings. The number of benzene rings is 2. The summed E-state index contributed by atoms with van der Waals surface area (Å²) in [5.41, 5.74) is 1.42. The van der Waals surface area contributed by atoms with Gasteiger partial charge in [-0.05, 0) is 36.0 Å². The van der Waals surface area contributed by atoms with Crippen molar-refractivity contribution in [1.82, 2.24) is 5.32 Å². The molecule has 0 aliphatic carbocycles. The Hall–Kier alpha value is -3.26. The average Bonchev–Trinajstić information content (AvgIpc) is 2.76. The van der Waals surface area contributed by atoms with Gasteiger partial charge in [0.25, 0.3) is 0 Å². The molecule has 0 unspecified atom stereocenters. The second kappa shape index (κ2) is 12.6. The van der Waals surface area contributed by atoms with Crippen molar-refractivity contribution in [2.75, 3.05) is 25.6 Å². The number of hydrogen-bond donors (Lipinski definition) is 4. The van der Waals surface area contributed by atoms with Gasteiger partial charge in [0, 0.05) is 6.07 Å². The van der Waals surface area contributed by atoms with E-state index in [1.54, 1.807) is 24.3 Å². The van der Waals surface area contributed by atoms with Crippen molar-refractivity contribution in [3.63, 3.8) is 0 Å². The van der Waals surface area contributed by atoms with Crippen LogP contribution in [0.3, 0.4) is 0 Å². The van der Waals surface area contributed by atoms with Crippen LogP contribution in [0.1, 0.15) is 43.9 Å². The molecular weight excluding hydrogens is 412 g/mol. The zero-order valence-corrected chi connectivity index (χ0v) is 18.8. The number of ether oxygens (including phenoxy) is 2. The average molecular weight is 445 g/mol. The van der Waals surface area contributed by atoms with Gasteiger partial charge in [-0.1, -0.05) is 44.2 Å². The summed E-state index contributed by atoms with van der Waals surface area (Å²) in [7, 11) is 1.48. The Balaban J connectivity index is 2.21. The minimum absolute atomic E-state index is 0.285. The van der Waals surface area contributed by atoms with Crippen LogP contribution in [0.5, 0.6) is 11.5 Å². The van der Waals surface area contributed by atoms with E-state index in [9.17, 15) is 19.8 Å². The molecule has 2 amide bonds. The lowest BCUT2D eigenvalue weighted by Crippen LogP contribution is -2.34. The highest BCUT2D eigenvalue weighted by molar-refractivity contribution is 5.92. The van der Waals surface area contributed by atoms with Crippen LogP contribution in [0, 0.1) is 5.92 Å². The lowest BCUT2D eigenvalue weighted by molar-refractivity contribution is -0.136. The SMILES string of the molecule is COc1cc(CC(=O)O)c(NC(=O)N[C@H](CO)c2ccccc2)cc1OCCCC(C)C. The van der Waals surface area contributed by atoms with Crippen LogP contribution in [0.15, 0.2) is 42.5 Å². The quantitative estimate of drug-likeness (QED) is 0.368. The minimum Gasteiger partial charge on any atom is -0.493 e. The van der Waals surface area contributed by atoms with Gasteiger partial charge in [0.1, 0.15) is 0 Å². The zero-order valence-electron chi connectivity index (χ0n) is 18.8. The largest absolute Gasteiger partial charge is 0.493 e. The van der Waals surface area contributed by atoms with Crippen LogP contribution in [0.2, 0.25) is 0 Å². The topological polar surface area (TPSA) is 117 Å². The van der Waals surface area contributed by atoms with Gasteiger partial charge in [-0.15, -0.1) is 0 Å². The van der Waals surface area contributed by atoms with Crippen LogP contribution < -0.4 is 20.1 Å². The van der Waals surface area contributed by atoms with Gasteiger partial charge in [-0.2, -0.15) is 0 Å². The van der Waals surface area contributed by atoms with Crippen LogP contribution >= 0.6 is 0 Å². The molecular formula is C24H32N2O6. The summed E-state index contributed by atoms with van der Waals surface area (Å²) in [4.78, 5) is 24.0.